The molecule has 2 heterocycles. The molecule has 0 unspecified atom stereocenters. The van der Waals surface area contributed by atoms with Gasteiger partial charge in [0.25, 0.3) is 0 Å². The lowest BCUT2D eigenvalue weighted by Crippen LogP contribution is -2.48. The second kappa shape index (κ2) is 8.20. The molecule has 0 amide bonds. The first kappa shape index (κ1) is 16.0. The molecule has 21 heavy (non-hydrogen) atoms. The van der Waals surface area contributed by atoms with Crippen molar-refractivity contribution in [2.75, 3.05) is 70.1 Å². The Morgan fingerprint density at radius 1 is 1.24 bits per heavy atom. The van der Waals surface area contributed by atoms with Crippen LogP contribution in [0.1, 0.15) is 13.3 Å². The van der Waals surface area contributed by atoms with E-state index in [4.69, 9.17) is 0 Å². The van der Waals surface area contributed by atoms with Crippen molar-refractivity contribution in [2.45, 2.75) is 13.3 Å². The van der Waals surface area contributed by atoms with Crippen LogP contribution in [0.2, 0.25) is 0 Å². The molecule has 5 nitrogen and oxygen atoms in total. The molecule has 0 bridgehead atoms. The van der Waals surface area contributed by atoms with Crippen molar-refractivity contribution in [1.82, 2.24) is 14.8 Å². The highest BCUT2D eigenvalue weighted by Crippen LogP contribution is 2.19. The lowest BCUT2D eigenvalue weighted by Gasteiger charge is -2.36. The Labute approximate surface area is 128 Å². The Kier molecular flexibility index (Phi) is 6.26. The molecule has 118 valence electrons. The number of piperazine rings is 1. The van der Waals surface area contributed by atoms with Gasteiger partial charge in [0.15, 0.2) is 0 Å². The molecule has 1 fully saturated rings. The number of hydrogen-bond acceptors (Lipinski definition) is 5. The topological polar surface area (TPSA) is 34.6 Å². The maximum absolute atomic E-state index is 4.38. The summed E-state index contributed by atoms with van der Waals surface area (Å²) in [7, 11) is 4.27. The average molecular weight is 291 g/mol. The number of aromatic nitrogens is 1. The Bertz CT molecular complexity index is 413. The summed E-state index contributed by atoms with van der Waals surface area (Å²) >= 11 is 0. The number of likely N-dealkylation sites (N-methyl/N-ethyl adjacent to an activating group) is 1. The molecule has 0 aromatic carbocycles. The Morgan fingerprint density at radius 3 is 2.67 bits per heavy atom. The van der Waals surface area contributed by atoms with Gasteiger partial charge in [-0.2, -0.15) is 0 Å². The van der Waals surface area contributed by atoms with Gasteiger partial charge < -0.3 is 15.1 Å². The van der Waals surface area contributed by atoms with Gasteiger partial charge in [-0.15, -0.1) is 0 Å². The van der Waals surface area contributed by atoms with Gasteiger partial charge in [0, 0.05) is 63.8 Å². The molecule has 1 aliphatic heterocycles. The number of rotatable bonds is 7. The molecule has 2 rings (SSSR count). The van der Waals surface area contributed by atoms with Crippen LogP contribution in [-0.2, 0) is 0 Å². The minimum absolute atomic E-state index is 0.981. The van der Waals surface area contributed by atoms with E-state index in [0.717, 1.165) is 51.5 Å². The van der Waals surface area contributed by atoms with Gasteiger partial charge in [0.2, 0.25) is 0 Å². The third-order valence-corrected chi connectivity index (χ3v) is 3.90. The van der Waals surface area contributed by atoms with Crippen LogP contribution in [-0.4, -0.2) is 74.7 Å². The van der Waals surface area contributed by atoms with Crippen molar-refractivity contribution in [2.24, 2.45) is 0 Å². The molecule has 5 heteroatoms. The summed E-state index contributed by atoms with van der Waals surface area (Å²) in [5.41, 5.74) is 1.29. The van der Waals surface area contributed by atoms with E-state index in [0.29, 0.717) is 0 Å². The summed E-state index contributed by atoms with van der Waals surface area (Å²) in [5.74, 6) is 0.990. The first-order chi connectivity index (χ1) is 10.2. The van der Waals surface area contributed by atoms with Gasteiger partial charge in [-0.3, -0.25) is 4.90 Å². The van der Waals surface area contributed by atoms with Crippen molar-refractivity contribution in [3.63, 3.8) is 0 Å². The molecule has 1 aromatic rings. The molecule has 1 aromatic heterocycles. The van der Waals surface area contributed by atoms with Gasteiger partial charge in [0.05, 0.1) is 0 Å². The molecule has 1 saturated heterocycles. The van der Waals surface area contributed by atoms with E-state index in [2.05, 4.69) is 58.2 Å². The molecule has 0 atom stereocenters. The van der Waals surface area contributed by atoms with E-state index in [1.807, 2.05) is 6.20 Å². The summed E-state index contributed by atoms with van der Waals surface area (Å²) in [4.78, 5) is 11.6. The normalized spacial score (nSPS) is 16.5. The number of nitrogens with zero attached hydrogens (tertiary/aromatic N) is 4. The van der Waals surface area contributed by atoms with Crippen LogP contribution in [0.3, 0.4) is 0 Å². The van der Waals surface area contributed by atoms with Gasteiger partial charge in [-0.25, -0.2) is 4.98 Å². The Morgan fingerprint density at radius 2 is 2.00 bits per heavy atom. The molecule has 0 spiro atoms. The third kappa shape index (κ3) is 5.17. The standard InChI is InChI=1S/C16H29N5/c1-4-6-17-16-14-15(5-7-18-16)21-12-10-20(11-13-21)9-8-19(2)3/h5,7,14H,4,6,8-13H2,1-3H3,(H,17,18). The maximum Gasteiger partial charge on any atom is 0.127 e. The highest BCUT2D eigenvalue weighted by molar-refractivity contribution is 5.54. The second-order valence-corrected chi connectivity index (χ2v) is 5.96. The minimum atomic E-state index is 0.981. The minimum Gasteiger partial charge on any atom is -0.370 e. The fourth-order valence-electron chi connectivity index (χ4n) is 2.54. The maximum atomic E-state index is 4.38. The van der Waals surface area contributed by atoms with E-state index in [9.17, 15) is 0 Å². The first-order valence-corrected chi connectivity index (χ1v) is 8.01. The highest BCUT2D eigenvalue weighted by atomic mass is 15.3. The van der Waals surface area contributed by atoms with Crippen molar-refractivity contribution < 1.29 is 0 Å². The van der Waals surface area contributed by atoms with Crippen LogP contribution in [0, 0.1) is 0 Å². The van der Waals surface area contributed by atoms with E-state index < -0.39 is 0 Å². The molecule has 1 aliphatic rings. The first-order valence-electron chi connectivity index (χ1n) is 8.01. The van der Waals surface area contributed by atoms with E-state index in [1.165, 1.54) is 12.2 Å². The summed E-state index contributed by atoms with van der Waals surface area (Å²) < 4.78 is 0. The predicted molar refractivity (Wildman–Crippen MR) is 90.2 cm³/mol. The van der Waals surface area contributed by atoms with E-state index >= 15 is 0 Å². The number of nitrogens with one attached hydrogen (secondary N) is 1. The van der Waals surface area contributed by atoms with Crippen LogP contribution < -0.4 is 10.2 Å². The molecule has 0 aliphatic carbocycles. The van der Waals surface area contributed by atoms with Crippen LogP contribution in [0.15, 0.2) is 18.3 Å². The molecule has 0 saturated carbocycles. The second-order valence-electron chi connectivity index (χ2n) is 5.96. The van der Waals surface area contributed by atoms with Crippen LogP contribution in [0.25, 0.3) is 0 Å². The van der Waals surface area contributed by atoms with Crippen molar-refractivity contribution in [3.05, 3.63) is 18.3 Å². The van der Waals surface area contributed by atoms with Gasteiger partial charge in [-0.05, 0) is 26.6 Å². The summed E-state index contributed by atoms with van der Waals surface area (Å²) in [6, 6.07) is 4.29. The third-order valence-electron chi connectivity index (χ3n) is 3.90. The molecule has 0 radical (unpaired) electrons. The fourth-order valence-corrected chi connectivity index (χ4v) is 2.54. The lowest BCUT2D eigenvalue weighted by molar-refractivity contribution is 0.229. The van der Waals surface area contributed by atoms with E-state index in [1.54, 1.807) is 0 Å². The SMILES string of the molecule is CCCNc1cc(N2CCN(CCN(C)C)CC2)ccn1. The summed E-state index contributed by atoms with van der Waals surface area (Å²) in [6.07, 6.45) is 3.03. The Hall–Kier alpha value is -1.33. The quantitative estimate of drug-likeness (QED) is 0.825. The zero-order valence-electron chi connectivity index (χ0n) is 13.7. The van der Waals surface area contributed by atoms with Gasteiger partial charge in [0.1, 0.15) is 5.82 Å². The van der Waals surface area contributed by atoms with Crippen molar-refractivity contribution in [1.29, 1.82) is 0 Å². The van der Waals surface area contributed by atoms with Crippen LogP contribution in [0.4, 0.5) is 11.5 Å². The highest BCUT2D eigenvalue weighted by Gasteiger charge is 2.17. The van der Waals surface area contributed by atoms with Crippen molar-refractivity contribution >= 4 is 11.5 Å². The lowest BCUT2D eigenvalue weighted by atomic mass is 10.2. The molecular weight excluding hydrogens is 262 g/mol. The van der Waals surface area contributed by atoms with E-state index in [-0.39, 0.29) is 0 Å². The number of hydrogen-bond donors (Lipinski definition) is 1. The summed E-state index contributed by atoms with van der Waals surface area (Å²) in [5, 5.41) is 3.36. The predicted octanol–water partition coefficient (Wildman–Crippen LogP) is 1.59. The smallest absolute Gasteiger partial charge is 0.127 e. The van der Waals surface area contributed by atoms with Crippen molar-refractivity contribution in [3.8, 4) is 0 Å². The zero-order valence-corrected chi connectivity index (χ0v) is 13.7. The average Bonchev–Trinajstić information content (AvgIpc) is 2.51. The zero-order chi connectivity index (χ0) is 15.1. The molecule has 1 N–H and O–H groups in total. The fraction of sp³-hybridized carbons (Fsp3) is 0.688. The Balaban J connectivity index is 1.84. The monoisotopic (exact) mass is 291 g/mol. The summed E-state index contributed by atoms with van der Waals surface area (Å²) in [6.45, 7) is 9.95. The molecular formula is C16H29N5. The van der Waals surface area contributed by atoms with Gasteiger partial charge >= 0.3 is 0 Å². The number of anilines is 2. The van der Waals surface area contributed by atoms with Crippen LogP contribution >= 0.6 is 0 Å². The van der Waals surface area contributed by atoms with Gasteiger partial charge in [-0.1, -0.05) is 6.92 Å². The number of pyridine rings is 1. The largest absolute Gasteiger partial charge is 0.370 e. The van der Waals surface area contributed by atoms with Crippen LogP contribution in [0.5, 0.6) is 0 Å².